The Hall–Kier alpha value is -1.62. The molecule has 2 atom stereocenters. The topological polar surface area (TPSA) is 65.2 Å². The zero-order valence-electron chi connectivity index (χ0n) is 10.8. The summed E-state index contributed by atoms with van der Waals surface area (Å²) in [5.41, 5.74) is 0.305. The van der Waals surface area contributed by atoms with Crippen molar-refractivity contribution >= 4 is 5.91 Å². The standard InChI is InChI=1S/C13H19N3O2/c1-9-8-16(2)6-5-11(9)15-13(18)10-3-4-12(17)14-7-10/h3-4,7,9,11H,5-6,8H2,1-2H3,(H,14,17)(H,15,18). The zero-order chi connectivity index (χ0) is 13.1. The van der Waals surface area contributed by atoms with Gasteiger partial charge in [-0.2, -0.15) is 0 Å². The minimum Gasteiger partial charge on any atom is -0.349 e. The number of carbonyl (C=O) groups excluding carboxylic acids is 1. The molecule has 98 valence electrons. The Kier molecular flexibility index (Phi) is 3.81. The fraction of sp³-hybridized carbons (Fsp3) is 0.538. The lowest BCUT2D eigenvalue weighted by molar-refractivity contribution is 0.0883. The number of aromatic nitrogens is 1. The SMILES string of the molecule is CC1CN(C)CCC1NC(=O)c1ccc(=O)[nH]c1. The number of H-pyrrole nitrogens is 1. The number of nitrogens with one attached hydrogen (secondary N) is 2. The first kappa shape index (κ1) is 12.8. The molecule has 0 aromatic carbocycles. The molecule has 18 heavy (non-hydrogen) atoms. The molecule has 0 spiro atoms. The maximum Gasteiger partial charge on any atom is 0.252 e. The van der Waals surface area contributed by atoms with Crippen LogP contribution in [-0.4, -0.2) is 42.0 Å². The Morgan fingerprint density at radius 1 is 1.50 bits per heavy atom. The molecule has 0 bridgehead atoms. The summed E-state index contributed by atoms with van der Waals surface area (Å²) in [7, 11) is 2.09. The van der Waals surface area contributed by atoms with Crippen molar-refractivity contribution in [3.8, 4) is 0 Å². The summed E-state index contributed by atoms with van der Waals surface area (Å²) in [5, 5.41) is 3.04. The number of amides is 1. The predicted octanol–water partition coefficient (Wildman–Crippen LogP) is 0.445. The average molecular weight is 249 g/mol. The van der Waals surface area contributed by atoms with Crippen LogP contribution in [0.4, 0.5) is 0 Å². The summed E-state index contributed by atoms with van der Waals surface area (Å²) in [6, 6.07) is 3.13. The van der Waals surface area contributed by atoms with E-state index in [-0.39, 0.29) is 17.5 Å². The zero-order valence-corrected chi connectivity index (χ0v) is 10.8. The molecule has 5 nitrogen and oxygen atoms in total. The van der Waals surface area contributed by atoms with Crippen LogP contribution in [0.5, 0.6) is 0 Å². The van der Waals surface area contributed by atoms with E-state index >= 15 is 0 Å². The molecular formula is C13H19N3O2. The molecule has 1 aromatic heterocycles. The number of carbonyl (C=O) groups is 1. The van der Waals surface area contributed by atoms with Gasteiger partial charge in [0.2, 0.25) is 5.56 Å². The van der Waals surface area contributed by atoms with Crippen molar-refractivity contribution in [2.45, 2.75) is 19.4 Å². The van der Waals surface area contributed by atoms with E-state index in [2.05, 4.69) is 29.2 Å². The monoisotopic (exact) mass is 249 g/mol. The van der Waals surface area contributed by atoms with Crippen molar-refractivity contribution in [1.29, 1.82) is 0 Å². The van der Waals surface area contributed by atoms with Gasteiger partial charge in [-0.25, -0.2) is 0 Å². The van der Waals surface area contributed by atoms with Crippen LogP contribution >= 0.6 is 0 Å². The Balaban J connectivity index is 1.99. The van der Waals surface area contributed by atoms with E-state index in [4.69, 9.17) is 0 Å². The number of hydrogen-bond donors (Lipinski definition) is 2. The van der Waals surface area contributed by atoms with Crippen LogP contribution in [0.1, 0.15) is 23.7 Å². The average Bonchev–Trinajstić information content (AvgIpc) is 2.33. The van der Waals surface area contributed by atoms with Gasteiger partial charge in [-0.3, -0.25) is 9.59 Å². The van der Waals surface area contributed by atoms with Crippen molar-refractivity contribution in [2.24, 2.45) is 5.92 Å². The van der Waals surface area contributed by atoms with Gasteiger partial charge in [-0.15, -0.1) is 0 Å². The third kappa shape index (κ3) is 2.98. The molecule has 2 unspecified atom stereocenters. The summed E-state index contributed by atoms with van der Waals surface area (Å²) in [5.74, 6) is 0.322. The van der Waals surface area contributed by atoms with Gasteiger partial charge < -0.3 is 15.2 Å². The Labute approximate surface area is 106 Å². The van der Waals surface area contributed by atoms with Crippen molar-refractivity contribution in [1.82, 2.24) is 15.2 Å². The molecule has 1 aliphatic rings. The second-order valence-corrected chi connectivity index (χ2v) is 5.05. The smallest absolute Gasteiger partial charge is 0.252 e. The number of hydrogen-bond acceptors (Lipinski definition) is 3. The molecule has 1 aromatic rings. The van der Waals surface area contributed by atoms with Crippen molar-refractivity contribution in [2.75, 3.05) is 20.1 Å². The summed E-state index contributed by atoms with van der Waals surface area (Å²) in [4.78, 5) is 27.7. The quantitative estimate of drug-likeness (QED) is 0.799. The molecule has 2 heterocycles. The number of pyridine rings is 1. The molecule has 1 amide bonds. The minimum absolute atomic E-state index is 0.118. The van der Waals surface area contributed by atoms with E-state index in [0.29, 0.717) is 11.5 Å². The van der Waals surface area contributed by atoms with Gasteiger partial charge in [0.1, 0.15) is 0 Å². The lowest BCUT2D eigenvalue weighted by atomic mass is 9.94. The van der Waals surface area contributed by atoms with E-state index < -0.39 is 0 Å². The van der Waals surface area contributed by atoms with Crippen LogP contribution in [0.2, 0.25) is 0 Å². The van der Waals surface area contributed by atoms with Crippen LogP contribution in [-0.2, 0) is 0 Å². The number of aromatic amines is 1. The molecule has 0 saturated carbocycles. The van der Waals surface area contributed by atoms with Crippen LogP contribution in [0.25, 0.3) is 0 Å². The normalized spacial score (nSPS) is 24.8. The van der Waals surface area contributed by atoms with E-state index in [1.807, 2.05) is 0 Å². The van der Waals surface area contributed by atoms with Crippen molar-refractivity contribution < 1.29 is 4.79 Å². The third-order valence-corrected chi connectivity index (χ3v) is 3.47. The maximum absolute atomic E-state index is 12.0. The van der Waals surface area contributed by atoms with Crippen molar-refractivity contribution in [3.05, 3.63) is 34.2 Å². The summed E-state index contributed by atoms with van der Waals surface area (Å²) < 4.78 is 0. The lowest BCUT2D eigenvalue weighted by Crippen LogP contribution is -2.48. The number of likely N-dealkylation sites (tertiary alicyclic amines) is 1. The highest BCUT2D eigenvalue weighted by Crippen LogP contribution is 2.15. The number of piperidine rings is 1. The number of rotatable bonds is 2. The maximum atomic E-state index is 12.0. The van der Waals surface area contributed by atoms with Gasteiger partial charge >= 0.3 is 0 Å². The second-order valence-electron chi connectivity index (χ2n) is 5.05. The highest BCUT2D eigenvalue weighted by atomic mass is 16.2. The van der Waals surface area contributed by atoms with E-state index in [9.17, 15) is 9.59 Å². The molecule has 1 saturated heterocycles. The van der Waals surface area contributed by atoms with Gasteiger partial charge in [0.25, 0.3) is 5.91 Å². The van der Waals surface area contributed by atoms with Gasteiger partial charge in [0.05, 0.1) is 5.56 Å². The minimum atomic E-state index is -0.195. The Bertz CT molecular complexity index is 463. The van der Waals surface area contributed by atoms with E-state index in [1.165, 1.54) is 12.3 Å². The molecule has 1 aliphatic heterocycles. The third-order valence-electron chi connectivity index (χ3n) is 3.47. The first-order valence-corrected chi connectivity index (χ1v) is 6.24. The molecular weight excluding hydrogens is 230 g/mol. The second kappa shape index (κ2) is 5.35. The van der Waals surface area contributed by atoms with Gasteiger partial charge in [0.15, 0.2) is 0 Å². The van der Waals surface area contributed by atoms with Crippen LogP contribution < -0.4 is 10.9 Å². The lowest BCUT2D eigenvalue weighted by Gasteiger charge is -2.35. The van der Waals surface area contributed by atoms with Gasteiger partial charge in [0, 0.05) is 24.8 Å². The summed E-state index contributed by atoms with van der Waals surface area (Å²) in [6.07, 6.45) is 2.42. The Morgan fingerprint density at radius 2 is 2.28 bits per heavy atom. The van der Waals surface area contributed by atoms with E-state index in [0.717, 1.165) is 19.5 Å². The van der Waals surface area contributed by atoms with Crippen LogP contribution in [0.15, 0.2) is 23.1 Å². The molecule has 5 heteroatoms. The summed E-state index contributed by atoms with van der Waals surface area (Å²) in [6.45, 7) is 4.14. The predicted molar refractivity (Wildman–Crippen MR) is 69.6 cm³/mol. The highest BCUT2D eigenvalue weighted by molar-refractivity contribution is 5.94. The first-order valence-electron chi connectivity index (χ1n) is 6.24. The van der Waals surface area contributed by atoms with Gasteiger partial charge in [-0.05, 0) is 32.0 Å². The van der Waals surface area contributed by atoms with Gasteiger partial charge in [-0.1, -0.05) is 6.92 Å². The Morgan fingerprint density at radius 3 is 2.89 bits per heavy atom. The number of nitrogens with zero attached hydrogens (tertiary/aromatic N) is 1. The first-order chi connectivity index (χ1) is 8.56. The highest BCUT2D eigenvalue weighted by Gasteiger charge is 2.25. The molecule has 0 aliphatic carbocycles. The van der Waals surface area contributed by atoms with E-state index in [1.54, 1.807) is 6.07 Å². The van der Waals surface area contributed by atoms with Crippen LogP contribution in [0.3, 0.4) is 0 Å². The summed E-state index contributed by atoms with van der Waals surface area (Å²) >= 11 is 0. The fourth-order valence-electron chi connectivity index (χ4n) is 2.37. The molecule has 0 radical (unpaired) electrons. The van der Waals surface area contributed by atoms with Crippen molar-refractivity contribution in [3.63, 3.8) is 0 Å². The molecule has 1 fully saturated rings. The fourth-order valence-corrected chi connectivity index (χ4v) is 2.37. The molecule has 2 N–H and O–H groups in total. The molecule has 2 rings (SSSR count). The largest absolute Gasteiger partial charge is 0.349 e. The van der Waals surface area contributed by atoms with Crippen LogP contribution in [0, 0.1) is 5.92 Å².